The van der Waals surface area contributed by atoms with E-state index in [9.17, 15) is 0 Å². The van der Waals surface area contributed by atoms with E-state index in [2.05, 4.69) is 28.7 Å². The lowest BCUT2D eigenvalue weighted by Crippen LogP contribution is -2.56. The van der Waals surface area contributed by atoms with E-state index in [-0.39, 0.29) is 5.41 Å². The van der Waals surface area contributed by atoms with Crippen molar-refractivity contribution in [3.05, 3.63) is 22.4 Å². The fourth-order valence-corrected chi connectivity index (χ4v) is 4.33. The molecule has 1 aromatic heterocycles. The zero-order valence-electron chi connectivity index (χ0n) is 12.3. The summed E-state index contributed by atoms with van der Waals surface area (Å²) in [6, 6.07) is 2.24. The molecular weight excluding hydrogens is 270 g/mol. The first-order chi connectivity index (χ1) is 9.82. The van der Waals surface area contributed by atoms with Gasteiger partial charge in [-0.2, -0.15) is 11.3 Å². The zero-order valence-corrected chi connectivity index (χ0v) is 13.2. The number of nitrogens with zero attached hydrogens (tertiary/aromatic N) is 1. The Kier molecular flexibility index (Phi) is 4.76. The second-order valence-electron chi connectivity index (χ2n) is 6.09. The molecule has 0 aliphatic carbocycles. The molecule has 0 N–H and O–H groups in total. The third-order valence-corrected chi connectivity index (χ3v) is 5.38. The number of rotatable bonds is 5. The van der Waals surface area contributed by atoms with E-state index in [1.54, 1.807) is 11.3 Å². The molecule has 2 aliphatic heterocycles. The molecule has 1 aromatic rings. The number of ether oxygens (including phenoxy) is 2. The molecule has 4 heteroatoms. The monoisotopic (exact) mass is 295 g/mol. The maximum absolute atomic E-state index is 6.06. The smallest absolute Gasteiger partial charge is 0.0677 e. The molecule has 0 saturated carbocycles. The van der Waals surface area contributed by atoms with Crippen molar-refractivity contribution in [3.63, 3.8) is 0 Å². The molecule has 2 fully saturated rings. The summed E-state index contributed by atoms with van der Waals surface area (Å²) in [6.07, 6.45) is 3.98. The van der Waals surface area contributed by atoms with Gasteiger partial charge >= 0.3 is 0 Å². The second-order valence-corrected chi connectivity index (χ2v) is 6.87. The maximum Gasteiger partial charge on any atom is 0.0677 e. The van der Waals surface area contributed by atoms with Gasteiger partial charge < -0.3 is 9.47 Å². The number of hydrogen-bond donors (Lipinski definition) is 0. The largest absolute Gasteiger partial charge is 0.381 e. The van der Waals surface area contributed by atoms with Crippen molar-refractivity contribution in [3.8, 4) is 0 Å². The number of piperidine rings is 1. The third kappa shape index (κ3) is 3.08. The van der Waals surface area contributed by atoms with E-state index in [0.717, 1.165) is 45.9 Å². The lowest BCUT2D eigenvalue weighted by Gasteiger charge is -2.50. The van der Waals surface area contributed by atoms with E-state index in [4.69, 9.17) is 9.47 Å². The van der Waals surface area contributed by atoms with E-state index in [1.165, 1.54) is 18.4 Å². The molecule has 2 saturated heterocycles. The van der Waals surface area contributed by atoms with Crippen LogP contribution in [0.1, 0.15) is 31.7 Å². The van der Waals surface area contributed by atoms with Crippen LogP contribution in [0.25, 0.3) is 0 Å². The SMILES string of the molecule is CCOC[C@@]12CCCO[C@@H]1CCN(Cc1ccsc1)C2. The summed E-state index contributed by atoms with van der Waals surface area (Å²) in [7, 11) is 0. The summed E-state index contributed by atoms with van der Waals surface area (Å²) in [5.41, 5.74) is 1.67. The topological polar surface area (TPSA) is 21.7 Å². The Bertz CT molecular complexity index is 409. The van der Waals surface area contributed by atoms with Crippen molar-refractivity contribution in [1.82, 2.24) is 4.90 Å². The molecule has 112 valence electrons. The molecule has 0 unspecified atom stereocenters. The fourth-order valence-electron chi connectivity index (χ4n) is 3.67. The summed E-state index contributed by atoms with van der Waals surface area (Å²) in [5, 5.41) is 4.43. The molecule has 3 rings (SSSR count). The van der Waals surface area contributed by atoms with Gasteiger partial charge in [0.25, 0.3) is 0 Å². The summed E-state index contributed by atoms with van der Waals surface area (Å²) in [6.45, 7) is 8.02. The molecule has 3 nitrogen and oxygen atoms in total. The molecule has 0 spiro atoms. The van der Waals surface area contributed by atoms with Crippen molar-refractivity contribution in [2.24, 2.45) is 5.41 Å². The third-order valence-electron chi connectivity index (χ3n) is 4.65. The Morgan fingerprint density at radius 1 is 1.55 bits per heavy atom. The van der Waals surface area contributed by atoms with Crippen LogP contribution in [0.3, 0.4) is 0 Å². The normalized spacial score (nSPS) is 31.1. The highest BCUT2D eigenvalue weighted by atomic mass is 32.1. The average molecular weight is 295 g/mol. The maximum atomic E-state index is 6.06. The molecule has 2 aliphatic rings. The molecule has 2 atom stereocenters. The summed E-state index contributed by atoms with van der Waals surface area (Å²) in [5.74, 6) is 0. The van der Waals surface area contributed by atoms with Gasteiger partial charge in [-0.05, 0) is 48.6 Å². The van der Waals surface area contributed by atoms with Gasteiger partial charge in [-0.1, -0.05) is 0 Å². The Morgan fingerprint density at radius 3 is 3.30 bits per heavy atom. The van der Waals surface area contributed by atoms with Gasteiger partial charge in [-0.15, -0.1) is 0 Å². The number of thiophene rings is 1. The summed E-state index contributed by atoms with van der Waals surface area (Å²) in [4.78, 5) is 2.59. The van der Waals surface area contributed by atoms with Gasteiger partial charge in [0.15, 0.2) is 0 Å². The van der Waals surface area contributed by atoms with Crippen molar-refractivity contribution in [2.45, 2.75) is 38.8 Å². The molecule has 0 amide bonds. The van der Waals surface area contributed by atoms with Gasteiger partial charge in [0, 0.05) is 38.3 Å². The van der Waals surface area contributed by atoms with Crippen LogP contribution < -0.4 is 0 Å². The lowest BCUT2D eigenvalue weighted by atomic mass is 9.73. The van der Waals surface area contributed by atoms with Crippen molar-refractivity contribution < 1.29 is 9.47 Å². The fraction of sp³-hybridized carbons (Fsp3) is 0.750. The lowest BCUT2D eigenvalue weighted by molar-refractivity contribution is -0.153. The quantitative estimate of drug-likeness (QED) is 0.833. The minimum atomic E-state index is 0.225. The predicted molar refractivity (Wildman–Crippen MR) is 82.1 cm³/mol. The van der Waals surface area contributed by atoms with E-state index in [0.29, 0.717) is 6.10 Å². The number of hydrogen-bond acceptors (Lipinski definition) is 4. The standard InChI is InChI=1S/C16H25NO2S/c1-2-18-13-16-6-3-8-19-15(16)4-7-17(12-16)10-14-5-9-20-11-14/h5,9,11,15H,2-4,6-8,10,12-13H2,1H3/t15-,16+/m1/s1. The van der Waals surface area contributed by atoms with Crippen LogP contribution in [-0.2, 0) is 16.0 Å². The molecule has 20 heavy (non-hydrogen) atoms. The van der Waals surface area contributed by atoms with Crippen molar-refractivity contribution in [2.75, 3.05) is 32.9 Å². The minimum Gasteiger partial charge on any atom is -0.381 e. The molecule has 3 heterocycles. The first kappa shape index (κ1) is 14.5. The van der Waals surface area contributed by atoms with Crippen LogP contribution in [0.4, 0.5) is 0 Å². The van der Waals surface area contributed by atoms with E-state index in [1.807, 2.05) is 0 Å². The average Bonchev–Trinajstić information content (AvgIpc) is 2.98. The second kappa shape index (κ2) is 6.56. The van der Waals surface area contributed by atoms with Crippen molar-refractivity contribution in [1.29, 1.82) is 0 Å². The summed E-state index contributed by atoms with van der Waals surface area (Å²) >= 11 is 1.79. The molecule has 0 radical (unpaired) electrons. The van der Waals surface area contributed by atoms with Crippen LogP contribution in [0.15, 0.2) is 16.8 Å². The highest BCUT2D eigenvalue weighted by Gasteiger charge is 2.45. The highest BCUT2D eigenvalue weighted by Crippen LogP contribution is 2.40. The van der Waals surface area contributed by atoms with Gasteiger partial charge in [0.05, 0.1) is 12.7 Å². The predicted octanol–water partition coefficient (Wildman–Crippen LogP) is 3.16. The molecule has 0 aromatic carbocycles. The van der Waals surface area contributed by atoms with Gasteiger partial charge in [0.2, 0.25) is 0 Å². The molecule has 0 bridgehead atoms. The van der Waals surface area contributed by atoms with E-state index < -0.39 is 0 Å². The summed E-state index contributed by atoms with van der Waals surface area (Å²) < 4.78 is 11.9. The van der Waals surface area contributed by atoms with Crippen LogP contribution in [-0.4, -0.2) is 43.9 Å². The van der Waals surface area contributed by atoms with Crippen molar-refractivity contribution >= 4 is 11.3 Å². The Balaban J connectivity index is 1.68. The number of fused-ring (bicyclic) bond motifs is 1. The van der Waals surface area contributed by atoms with Crippen LogP contribution in [0.2, 0.25) is 0 Å². The van der Waals surface area contributed by atoms with Gasteiger partial charge in [-0.25, -0.2) is 0 Å². The van der Waals surface area contributed by atoms with Crippen LogP contribution in [0.5, 0.6) is 0 Å². The Morgan fingerprint density at radius 2 is 2.50 bits per heavy atom. The van der Waals surface area contributed by atoms with Crippen LogP contribution in [0, 0.1) is 5.41 Å². The zero-order chi connectivity index (χ0) is 13.8. The minimum absolute atomic E-state index is 0.225. The van der Waals surface area contributed by atoms with Crippen LogP contribution >= 0.6 is 11.3 Å². The Labute approximate surface area is 125 Å². The van der Waals surface area contributed by atoms with E-state index >= 15 is 0 Å². The highest BCUT2D eigenvalue weighted by molar-refractivity contribution is 7.07. The Hall–Kier alpha value is -0.420. The first-order valence-corrected chi connectivity index (χ1v) is 8.69. The molecular formula is C16H25NO2S. The van der Waals surface area contributed by atoms with Gasteiger partial charge in [-0.3, -0.25) is 4.90 Å². The van der Waals surface area contributed by atoms with Gasteiger partial charge in [0.1, 0.15) is 0 Å². The number of likely N-dealkylation sites (tertiary alicyclic amines) is 1. The first-order valence-electron chi connectivity index (χ1n) is 7.75.